The van der Waals surface area contributed by atoms with Crippen molar-refractivity contribution in [1.29, 1.82) is 0 Å². The van der Waals surface area contributed by atoms with Crippen LogP contribution in [0.1, 0.15) is 57.8 Å². The number of rotatable bonds is 1. The number of aryl methyl sites for hydroxylation is 1. The summed E-state index contributed by atoms with van der Waals surface area (Å²) in [5.74, 6) is 1.13. The van der Waals surface area contributed by atoms with E-state index in [1.807, 2.05) is 0 Å². The van der Waals surface area contributed by atoms with Crippen molar-refractivity contribution in [3.05, 3.63) is 29.6 Å². The highest BCUT2D eigenvalue weighted by molar-refractivity contribution is 5.77. The summed E-state index contributed by atoms with van der Waals surface area (Å²) in [5.41, 5.74) is 10.0. The first-order valence-corrected chi connectivity index (χ1v) is 7.58. The lowest BCUT2D eigenvalue weighted by Crippen LogP contribution is -2.32. The first kappa shape index (κ1) is 13.6. The van der Waals surface area contributed by atoms with E-state index in [-0.39, 0.29) is 11.0 Å². The summed E-state index contributed by atoms with van der Waals surface area (Å²) < 4.78 is 2.21. The van der Waals surface area contributed by atoms with E-state index in [1.165, 1.54) is 23.9 Å². The summed E-state index contributed by atoms with van der Waals surface area (Å²) in [5, 5.41) is 0. The van der Waals surface area contributed by atoms with E-state index in [4.69, 9.17) is 10.7 Å². The summed E-state index contributed by atoms with van der Waals surface area (Å²) in [6, 6.07) is 6.58. The maximum Gasteiger partial charge on any atom is 0.115 e. The van der Waals surface area contributed by atoms with E-state index >= 15 is 0 Å². The van der Waals surface area contributed by atoms with Crippen LogP contribution in [0.3, 0.4) is 0 Å². The molecule has 0 spiro atoms. The van der Waals surface area contributed by atoms with E-state index in [1.54, 1.807) is 0 Å². The molecule has 1 aliphatic rings. The van der Waals surface area contributed by atoms with Crippen molar-refractivity contribution in [1.82, 2.24) is 9.55 Å². The number of aromatic nitrogens is 2. The molecule has 0 atom stereocenters. The Labute approximate surface area is 121 Å². The predicted molar refractivity (Wildman–Crippen MR) is 83.7 cm³/mol. The largest absolute Gasteiger partial charge is 0.331 e. The Bertz CT molecular complexity index is 640. The van der Waals surface area contributed by atoms with Crippen molar-refractivity contribution < 1.29 is 0 Å². The van der Waals surface area contributed by atoms with Gasteiger partial charge in [0.15, 0.2) is 0 Å². The van der Waals surface area contributed by atoms with Crippen LogP contribution in [0.15, 0.2) is 18.2 Å². The molecule has 3 nitrogen and oxygen atoms in total. The van der Waals surface area contributed by atoms with Gasteiger partial charge in [-0.2, -0.15) is 0 Å². The van der Waals surface area contributed by atoms with Gasteiger partial charge in [-0.25, -0.2) is 4.98 Å². The van der Waals surface area contributed by atoms with Crippen molar-refractivity contribution >= 4 is 11.0 Å². The lowest BCUT2D eigenvalue weighted by molar-refractivity contribution is 0.462. The Morgan fingerprint density at radius 2 is 1.85 bits per heavy atom. The Morgan fingerprint density at radius 3 is 2.45 bits per heavy atom. The fourth-order valence-corrected chi connectivity index (χ4v) is 3.47. The zero-order chi connectivity index (χ0) is 14.5. The predicted octanol–water partition coefficient (Wildman–Crippen LogP) is 3.60. The summed E-state index contributed by atoms with van der Waals surface area (Å²) >= 11 is 0. The van der Waals surface area contributed by atoms with E-state index in [0.717, 1.165) is 24.2 Å². The molecular formula is C17H25N3. The van der Waals surface area contributed by atoms with Crippen LogP contribution >= 0.6 is 0 Å². The van der Waals surface area contributed by atoms with Gasteiger partial charge in [0.1, 0.15) is 5.82 Å². The molecule has 1 aliphatic carbocycles. The van der Waals surface area contributed by atoms with Crippen molar-refractivity contribution in [2.24, 2.45) is 12.8 Å². The van der Waals surface area contributed by atoms with Gasteiger partial charge in [-0.05, 0) is 30.5 Å². The van der Waals surface area contributed by atoms with E-state index < -0.39 is 0 Å². The van der Waals surface area contributed by atoms with Gasteiger partial charge in [0.05, 0.1) is 11.0 Å². The molecule has 3 rings (SSSR count). The third kappa shape index (κ3) is 2.05. The normalized spacial score (nSPS) is 18.9. The Hall–Kier alpha value is -1.35. The quantitative estimate of drug-likeness (QED) is 0.861. The maximum absolute atomic E-state index is 6.57. The zero-order valence-corrected chi connectivity index (χ0v) is 13.0. The third-order valence-corrected chi connectivity index (χ3v) is 4.62. The highest BCUT2D eigenvalue weighted by Gasteiger charge is 2.31. The minimum atomic E-state index is -0.131. The molecule has 1 heterocycles. The SMILES string of the molecule is Cn1c(C(C)(C)C)nc2cc(C3(N)CCCC3)ccc21. The molecule has 0 aliphatic heterocycles. The molecule has 2 aromatic rings. The maximum atomic E-state index is 6.57. The molecule has 2 N–H and O–H groups in total. The molecule has 3 heteroatoms. The fourth-order valence-electron chi connectivity index (χ4n) is 3.47. The van der Waals surface area contributed by atoms with Crippen LogP contribution in [0, 0.1) is 0 Å². The highest BCUT2D eigenvalue weighted by Crippen LogP contribution is 2.37. The smallest absolute Gasteiger partial charge is 0.115 e. The fraction of sp³-hybridized carbons (Fsp3) is 0.588. The van der Waals surface area contributed by atoms with Crippen LogP contribution < -0.4 is 5.73 Å². The molecular weight excluding hydrogens is 246 g/mol. The van der Waals surface area contributed by atoms with Crippen molar-refractivity contribution in [3.8, 4) is 0 Å². The number of fused-ring (bicyclic) bond motifs is 1. The molecule has 108 valence electrons. The van der Waals surface area contributed by atoms with Gasteiger partial charge < -0.3 is 10.3 Å². The third-order valence-electron chi connectivity index (χ3n) is 4.62. The van der Waals surface area contributed by atoms with Crippen LogP contribution in [0.4, 0.5) is 0 Å². The van der Waals surface area contributed by atoms with Gasteiger partial charge >= 0.3 is 0 Å². The van der Waals surface area contributed by atoms with E-state index in [0.29, 0.717) is 0 Å². The monoisotopic (exact) mass is 271 g/mol. The lowest BCUT2D eigenvalue weighted by Gasteiger charge is -2.24. The van der Waals surface area contributed by atoms with Gasteiger partial charge in [0.25, 0.3) is 0 Å². The highest BCUT2D eigenvalue weighted by atomic mass is 15.1. The van der Waals surface area contributed by atoms with E-state index in [2.05, 4.69) is 50.6 Å². The average Bonchev–Trinajstić information content (AvgIpc) is 2.94. The van der Waals surface area contributed by atoms with Gasteiger partial charge in [-0.1, -0.05) is 39.7 Å². The summed E-state index contributed by atoms with van der Waals surface area (Å²) in [4.78, 5) is 4.85. The van der Waals surface area contributed by atoms with Crippen molar-refractivity contribution in [3.63, 3.8) is 0 Å². The second kappa shape index (κ2) is 4.32. The molecule has 1 fully saturated rings. The van der Waals surface area contributed by atoms with Crippen molar-refractivity contribution in [2.45, 2.75) is 57.4 Å². The lowest BCUT2D eigenvalue weighted by atomic mass is 9.89. The Kier molecular flexibility index (Phi) is 2.94. The van der Waals surface area contributed by atoms with Gasteiger partial charge in [0.2, 0.25) is 0 Å². The van der Waals surface area contributed by atoms with Crippen molar-refractivity contribution in [2.75, 3.05) is 0 Å². The summed E-state index contributed by atoms with van der Waals surface area (Å²) in [7, 11) is 2.10. The summed E-state index contributed by atoms with van der Waals surface area (Å²) in [6.07, 6.45) is 4.67. The van der Waals surface area contributed by atoms with Crippen LogP contribution in [-0.4, -0.2) is 9.55 Å². The molecule has 1 aromatic heterocycles. The minimum absolute atomic E-state index is 0.0572. The topological polar surface area (TPSA) is 43.8 Å². The molecule has 20 heavy (non-hydrogen) atoms. The average molecular weight is 271 g/mol. The Balaban J connectivity index is 2.13. The number of benzene rings is 1. The van der Waals surface area contributed by atoms with Gasteiger partial charge in [0, 0.05) is 18.0 Å². The van der Waals surface area contributed by atoms with Gasteiger partial charge in [-0.3, -0.25) is 0 Å². The molecule has 0 radical (unpaired) electrons. The standard InChI is InChI=1S/C17H25N3/c1-16(2,3)15-19-13-11-12(7-8-14(13)20(15)4)17(18)9-5-6-10-17/h7-8,11H,5-6,9-10,18H2,1-4H3. The van der Waals surface area contributed by atoms with E-state index in [9.17, 15) is 0 Å². The van der Waals surface area contributed by atoms with Crippen LogP contribution in [0.2, 0.25) is 0 Å². The molecule has 0 saturated heterocycles. The number of hydrogen-bond donors (Lipinski definition) is 1. The number of nitrogens with zero attached hydrogens (tertiary/aromatic N) is 2. The first-order valence-electron chi connectivity index (χ1n) is 7.58. The Morgan fingerprint density at radius 1 is 1.20 bits per heavy atom. The molecule has 0 amide bonds. The molecule has 0 bridgehead atoms. The number of nitrogens with two attached hydrogens (primary N) is 1. The minimum Gasteiger partial charge on any atom is -0.331 e. The van der Waals surface area contributed by atoms with Crippen LogP contribution in [-0.2, 0) is 18.0 Å². The van der Waals surface area contributed by atoms with Crippen LogP contribution in [0.25, 0.3) is 11.0 Å². The second-order valence-electron chi connectivity index (χ2n) is 7.31. The van der Waals surface area contributed by atoms with Gasteiger partial charge in [-0.15, -0.1) is 0 Å². The number of hydrogen-bond acceptors (Lipinski definition) is 2. The second-order valence-corrected chi connectivity index (χ2v) is 7.31. The zero-order valence-electron chi connectivity index (χ0n) is 13.0. The molecule has 1 aromatic carbocycles. The summed E-state index contributed by atoms with van der Waals surface area (Å²) in [6.45, 7) is 6.61. The first-order chi connectivity index (χ1) is 9.31. The molecule has 0 unspecified atom stereocenters. The molecule has 1 saturated carbocycles. The number of imidazole rings is 1. The van der Waals surface area contributed by atoms with Crippen LogP contribution in [0.5, 0.6) is 0 Å².